The monoisotopic (exact) mass is 157 g/mol. The number of esters is 1. The van der Waals surface area contributed by atoms with Crippen molar-refractivity contribution in [3.8, 4) is 0 Å². The molecule has 2 N–H and O–H groups in total. The normalized spacial score (nSPS) is 33.1. The molecule has 1 aliphatic rings. The van der Waals surface area contributed by atoms with Gasteiger partial charge >= 0.3 is 5.97 Å². The van der Waals surface area contributed by atoms with Gasteiger partial charge in [0.15, 0.2) is 0 Å². The molecule has 2 atom stereocenters. The molecule has 11 heavy (non-hydrogen) atoms. The maximum absolute atomic E-state index is 11.1. The first-order valence-corrected chi connectivity index (χ1v) is 3.83. The third-order valence-electron chi connectivity index (χ3n) is 2.76. The number of carbonyl (C=O) groups excluding carboxylic acids is 1. The fraction of sp³-hybridized carbons (Fsp3) is 0.875. The second-order valence-electron chi connectivity index (χ2n) is 3.66. The molecular formula is C8H15NO2. The molecule has 0 aromatic carbocycles. The number of hydrogen-bond donors (Lipinski definition) is 1. The molecule has 0 amide bonds. The Morgan fingerprint density at radius 2 is 2.18 bits per heavy atom. The average Bonchev–Trinajstić information content (AvgIpc) is 2.51. The summed E-state index contributed by atoms with van der Waals surface area (Å²) in [5.74, 6) is 0.220. The Balaban J connectivity index is 2.58. The van der Waals surface area contributed by atoms with Crippen molar-refractivity contribution in [2.75, 3.05) is 13.7 Å². The van der Waals surface area contributed by atoms with Crippen molar-refractivity contribution in [2.24, 2.45) is 23.0 Å². The minimum atomic E-state index is -0.120. The maximum atomic E-state index is 11.1. The third-order valence-corrected chi connectivity index (χ3v) is 2.76. The van der Waals surface area contributed by atoms with Gasteiger partial charge in [-0.15, -0.1) is 0 Å². The molecular weight excluding hydrogens is 142 g/mol. The highest BCUT2D eigenvalue weighted by atomic mass is 16.5. The van der Waals surface area contributed by atoms with Crippen molar-refractivity contribution in [1.82, 2.24) is 0 Å². The number of methoxy groups -OCH3 is 1. The lowest BCUT2D eigenvalue weighted by Gasteiger charge is -1.99. The molecule has 64 valence electrons. The van der Waals surface area contributed by atoms with Crippen molar-refractivity contribution >= 4 is 5.97 Å². The molecule has 1 aliphatic carbocycles. The van der Waals surface area contributed by atoms with E-state index in [0.717, 1.165) is 0 Å². The van der Waals surface area contributed by atoms with Gasteiger partial charge in [-0.1, -0.05) is 13.8 Å². The van der Waals surface area contributed by atoms with Gasteiger partial charge in [-0.05, 0) is 17.9 Å². The minimum Gasteiger partial charge on any atom is -0.469 e. The molecule has 0 aliphatic heterocycles. The van der Waals surface area contributed by atoms with E-state index in [2.05, 4.69) is 4.74 Å². The summed E-state index contributed by atoms with van der Waals surface area (Å²) in [6.45, 7) is 4.67. The first-order valence-electron chi connectivity index (χ1n) is 3.83. The van der Waals surface area contributed by atoms with Crippen LogP contribution in [0.15, 0.2) is 0 Å². The van der Waals surface area contributed by atoms with Crippen molar-refractivity contribution in [3.63, 3.8) is 0 Å². The van der Waals surface area contributed by atoms with Gasteiger partial charge in [-0.2, -0.15) is 0 Å². The average molecular weight is 157 g/mol. The first kappa shape index (κ1) is 8.53. The Morgan fingerprint density at radius 3 is 2.45 bits per heavy atom. The van der Waals surface area contributed by atoms with Crippen molar-refractivity contribution in [3.05, 3.63) is 0 Å². The Kier molecular flexibility index (Phi) is 1.92. The van der Waals surface area contributed by atoms with Gasteiger partial charge in [-0.25, -0.2) is 0 Å². The van der Waals surface area contributed by atoms with E-state index in [1.807, 2.05) is 13.8 Å². The zero-order chi connectivity index (χ0) is 8.65. The van der Waals surface area contributed by atoms with E-state index >= 15 is 0 Å². The first-order chi connectivity index (χ1) is 5.05. The molecule has 0 radical (unpaired) electrons. The fourth-order valence-electron chi connectivity index (χ4n) is 1.78. The molecule has 1 saturated carbocycles. The van der Waals surface area contributed by atoms with Gasteiger partial charge in [0.1, 0.15) is 0 Å². The summed E-state index contributed by atoms with van der Waals surface area (Å²) in [5.41, 5.74) is 5.54. The Morgan fingerprint density at radius 1 is 1.64 bits per heavy atom. The highest BCUT2D eigenvalue weighted by Crippen LogP contribution is 2.57. The van der Waals surface area contributed by atoms with Crippen LogP contribution in [0.4, 0.5) is 0 Å². The molecule has 3 heteroatoms. The van der Waals surface area contributed by atoms with Crippen LogP contribution < -0.4 is 5.73 Å². The molecule has 0 unspecified atom stereocenters. The van der Waals surface area contributed by atoms with Gasteiger partial charge in [0.2, 0.25) is 0 Å². The molecule has 0 aromatic rings. The second-order valence-corrected chi connectivity index (χ2v) is 3.66. The van der Waals surface area contributed by atoms with Crippen molar-refractivity contribution < 1.29 is 9.53 Å². The lowest BCUT2D eigenvalue weighted by molar-refractivity contribution is -0.143. The summed E-state index contributed by atoms with van der Waals surface area (Å²) < 4.78 is 4.65. The van der Waals surface area contributed by atoms with Crippen LogP contribution in [0.3, 0.4) is 0 Å². The van der Waals surface area contributed by atoms with Crippen LogP contribution in [-0.4, -0.2) is 19.6 Å². The molecule has 0 aromatic heterocycles. The number of carbonyl (C=O) groups is 1. The van der Waals surface area contributed by atoms with Gasteiger partial charge in [-0.3, -0.25) is 4.79 Å². The smallest absolute Gasteiger partial charge is 0.309 e. The van der Waals surface area contributed by atoms with Gasteiger partial charge in [0.25, 0.3) is 0 Å². The summed E-state index contributed by atoms with van der Waals surface area (Å²) in [7, 11) is 1.42. The third kappa shape index (κ3) is 1.13. The van der Waals surface area contributed by atoms with Crippen LogP contribution in [0.1, 0.15) is 13.8 Å². The van der Waals surface area contributed by atoms with E-state index in [0.29, 0.717) is 12.5 Å². The molecule has 0 heterocycles. The largest absolute Gasteiger partial charge is 0.469 e. The molecule has 0 bridgehead atoms. The Labute approximate surface area is 66.9 Å². The number of hydrogen-bond acceptors (Lipinski definition) is 3. The summed E-state index contributed by atoms with van der Waals surface area (Å²) in [6, 6.07) is 0. The standard InChI is InChI=1S/C8H15NO2/c1-8(2)5(4-9)6(8)7(10)11-3/h5-6H,4,9H2,1-3H3/t5-,6-/m0/s1. The topological polar surface area (TPSA) is 52.3 Å². The molecule has 0 spiro atoms. The summed E-state index contributed by atoms with van der Waals surface area (Å²) in [6.07, 6.45) is 0. The van der Waals surface area contributed by atoms with E-state index in [9.17, 15) is 4.79 Å². The zero-order valence-corrected chi connectivity index (χ0v) is 7.26. The molecule has 3 nitrogen and oxygen atoms in total. The minimum absolute atomic E-state index is 0.0255. The summed E-state index contributed by atoms with van der Waals surface area (Å²) >= 11 is 0. The Bertz CT molecular complexity index is 177. The van der Waals surface area contributed by atoms with Crippen LogP contribution in [0.2, 0.25) is 0 Å². The lowest BCUT2D eigenvalue weighted by atomic mass is 10.1. The second kappa shape index (κ2) is 2.48. The number of rotatable bonds is 2. The summed E-state index contributed by atoms with van der Waals surface area (Å²) in [4.78, 5) is 11.1. The highest BCUT2D eigenvalue weighted by molar-refractivity contribution is 5.77. The molecule has 0 saturated heterocycles. The molecule has 1 fully saturated rings. The maximum Gasteiger partial charge on any atom is 0.309 e. The Hall–Kier alpha value is -0.570. The summed E-state index contributed by atoms with van der Waals surface area (Å²) in [5, 5.41) is 0. The van der Waals surface area contributed by atoms with E-state index in [1.165, 1.54) is 7.11 Å². The number of ether oxygens (including phenoxy) is 1. The van der Waals surface area contributed by atoms with Crippen LogP contribution in [0, 0.1) is 17.3 Å². The van der Waals surface area contributed by atoms with E-state index in [4.69, 9.17) is 5.73 Å². The van der Waals surface area contributed by atoms with Crippen molar-refractivity contribution in [1.29, 1.82) is 0 Å². The van der Waals surface area contributed by atoms with E-state index in [-0.39, 0.29) is 17.3 Å². The SMILES string of the molecule is COC(=O)[C@@H]1[C@H](CN)C1(C)C. The van der Waals surface area contributed by atoms with Crippen LogP contribution >= 0.6 is 0 Å². The van der Waals surface area contributed by atoms with Gasteiger partial charge in [0.05, 0.1) is 13.0 Å². The van der Waals surface area contributed by atoms with Crippen molar-refractivity contribution in [2.45, 2.75) is 13.8 Å². The lowest BCUT2D eigenvalue weighted by Crippen LogP contribution is -2.09. The number of nitrogens with two attached hydrogens (primary N) is 1. The van der Waals surface area contributed by atoms with Crippen LogP contribution in [0.5, 0.6) is 0 Å². The van der Waals surface area contributed by atoms with Crippen LogP contribution in [-0.2, 0) is 9.53 Å². The molecule has 1 rings (SSSR count). The van der Waals surface area contributed by atoms with Gasteiger partial charge < -0.3 is 10.5 Å². The predicted molar refractivity (Wildman–Crippen MR) is 41.8 cm³/mol. The van der Waals surface area contributed by atoms with Crippen LogP contribution in [0.25, 0.3) is 0 Å². The highest BCUT2D eigenvalue weighted by Gasteiger charge is 2.61. The van der Waals surface area contributed by atoms with E-state index < -0.39 is 0 Å². The predicted octanol–water partition coefficient (Wildman–Crippen LogP) is 0.390. The fourth-order valence-corrected chi connectivity index (χ4v) is 1.78. The quantitative estimate of drug-likeness (QED) is 0.590. The van der Waals surface area contributed by atoms with Gasteiger partial charge in [0, 0.05) is 0 Å². The van der Waals surface area contributed by atoms with E-state index in [1.54, 1.807) is 0 Å². The zero-order valence-electron chi connectivity index (χ0n) is 7.26.